The van der Waals surface area contributed by atoms with Crippen molar-refractivity contribution in [1.82, 2.24) is 10.2 Å². The zero-order valence-electron chi connectivity index (χ0n) is 14.3. The summed E-state index contributed by atoms with van der Waals surface area (Å²) in [7, 11) is 0. The Morgan fingerprint density at radius 2 is 2.00 bits per heavy atom. The highest BCUT2D eigenvalue weighted by atomic mass is 16.6. The fourth-order valence-corrected chi connectivity index (χ4v) is 3.53. The van der Waals surface area contributed by atoms with E-state index in [1.165, 1.54) is 32.4 Å². The van der Waals surface area contributed by atoms with Crippen LogP contribution in [0.4, 0.5) is 0 Å². The summed E-state index contributed by atoms with van der Waals surface area (Å²) in [5.74, 6) is -0.619. The number of carbonyl (C=O) groups excluding carboxylic acids is 2. The quantitative estimate of drug-likeness (QED) is 0.664. The minimum absolute atomic E-state index is 0.205. The van der Waals surface area contributed by atoms with Crippen molar-refractivity contribution in [2.24, 2.45) is 0 Å². The third-order valence-corrected chi connectivity index (χ3v) is 4.95. The molecule has 130 valence electrons. The van der Waals surface area contributed by atoms with Crippen molar-refractivity contribution in [1.29, 1.82) is 0 Å². The van der Waals surface area contributed by atoms with Crippen LogP contribution in [0.5, 0.6) is 0 Å². The number of cyclic esters (lactones) is 1. The van der Waals surface area contributed by atoms with Crippen LogP contribution in [-0.2, 0) is 16.0 Å². The highest BCUT2D eigenvalue weighted by molar-refractivity contribution is 5.97. The van der Waals surface area contributed by atoms with Gasteiger partial charge >= 0.3 is 5.97 Å². The predicted octanol–water partition coefficient (Wildman–Crippen LogP) is 2.15. The number of rotatable bonds is 5. The van der Waals surface area contributed by atoms with Crippen LogP contribution in [0.1, 0.15) is 48.5 Å². The van der Waals surface area contributed by atoms with Gasteiger partial charge < -0.3 is 15.0 Å². The molecule has 24 heavy (non-hydrogen) atoms. The summed E-state index contributed by atoms with van der Waals surface area (Å²) in [6, 6.07) is 7.32. The first-order valence-corrected chi connectivity index (χ1v) is 8.90. The van der Waals surface area contributed by atoms with Gasteiger partial charge in [0.2, 0.25) is 0 Å². The summed E-state index contributed by atoms with van der Waals surface area (Å²) >= 11 is 0. The van der Waals surface area contributed by atoms with Gasteiger partial charge in [-0.3, -0.25) is 4.79 Å². The van der Waals surface area contributed by atoms with Crippen LogP contribution < -0.4 is 5.32 Å². The monoisotopic (exact) mass is 330 g/mol. The van der Waals surface area contributed by atoms with Crippen molar-refractivity contribution >= 4 is 11.9 Å². The lowest BCUT2D eigenvalue weighted by molar-refractivity contribution is -0.139. The summed E-state index contributed by atoms with van der Waals surface area (Å²) in [6.07, 6.45) is 5.23. The van der Waals surface area contributed by atoms with Crippen LogP contribution in [-0.4, -0.2) is 48.6 Å². The van der Waals surface area contributed by atoms with Crippen molar-refractivity contribution in [2.75, 3.05) is 26.2 Å². The van der Waals surface area contributed by atoms with Gasteiger partial charge in [0.05, 0.1) is 5.56 Å². The molecule has 2 heterocycles. The Bertz CT molecular complexity index is 610. The van der Waals surface area contributed by atoms with Gasteiger partial charge in [-0.05, 0) is 57.5 Å². The number of esters is 1. The molecule has 1 amide bonds. The normalized spacial score (nSPS) is 24.1. The van der Waals surface area contributed by atoms with Crippen LogP contribution in [0.2, 0.25) is 0 Å². The lowest BCUT2D eigenvalue weighted by Crippen LogP contribution is -2.52. The number of amides is 1. The van der Waals surface area contributed by atoms with Crippen molar-refractivity contribution in [2.45, 2.75) is 44.6 Å². The van der Waals surface area contributed by atoms with Crippen molar-refractivity contribution in [3.63, 3.8) is 0 Å². The Hall–Kier alpha value is -1.88. The van der Waals surface area contributed by atoms with Crippen LogP contribution in [0.25, 0.3) is 0 Å². The summed E-state index contributed by atoms with van der Waals surface area (Å²) in [6.45, 7) is 5.66. The number of nitrogens with zero attached hydrogens (tertiary/aromatic N) is 1. The molecule has 0 saturated carbocycles. The maximum atomic E-state index is 12.5. The third kappa shape index (κ3) is 3.78. The molecule has 2 aliphatic heterocycles. The molecule has 1 unspecified atom stereocenters. The van der Waals surface area contributed by atoms with Gasteiger partial charge in [0.15, 0.2) is 5.60 Å². The average Bonchev–Trinajstić information content (AvgIpc) is 2.59. The lowest BCUT2D eigenvalue weighted by atomic mass is 9.89. The van der Waals surface area contributed by atoms with Crippen LogP contribution in [0, 0.1) is 0 Å². The highest BCUT2D eigenvalue weighted by Crippen LogP contribution is 2.28. The smallest absolute Gasteiger partial charge is 0.339 e. The third-order valence-electron chi connectivity index (χ3n) is 4.95. The van der Waals surface area contributed by atoms with Crippen molar-refractivity contribution in [3.05, 3.63) is 35.4 Å². The molecule has 5 nitrogen and oxygen atoms in total. The maximum absolute atomic E-state index is 12.5. The Labute approximate surface area is 143 Å². The molecule has 2 aliphatic rings. The summed E-state index contributed by atoms with van der Waals surface area (Å²) in [4.78, 5) is 27.1. The Morgan fingerprint density at radius 1 is 1.25 bits per heavy atom. The first-order chi connectivity index (χ1) is 11.6. The molecule has 1 fully saturated rings. The van der Waals surface area contributed by atoms with Gasteiger partial charge in [0, 0.05) is 13.0 Å². The number of carbonyl (C=O) groups is 2. The molecule has 3 rings (SSSR count). The van der Waals surface area contributed by atoms with Crippen LogP contribution >= 0.6 is 0 Å². The summed E-state index contributed by atoms with van der Waals surface area (Å²) in [5.41, 5.74) is 0.323. The van der Waals surface area contributed by atoms with Crippen LogP contribution in [0.15, 0.2) is 24.3 Å². The fraction of sp³-hybridized carbons (Fsp3) is 0.579. The molecular formula is C19H26N2O3. The Balaban J connectivity index is 1.50. The molecule has 5 heteroatoms. The molecular weight excluding hydrogens is 304 g/mol. The number of nitrogens with one attached hydrogen (secondary N) is 1. The number of piperidine rings is 1. The van der Waals surface area contributed by atoms with E-state index < -0.39 is 11.6 Å². The zero-order valence-corrected chi connectivity index (χ0v) is 14.3. The summed E-state index contributed by atoms with van der Waals surface area (Å²) in [5, 5.41) is 2.94. The second-order valence-electron chi connectivity index (χ2n) is 6.97. The molecule has 1 saturated heterocycles. The minimum Gasteiger partial charge on any atom is -0.445 e. The SMILES string of the molecule is CC1(C(=O)NCCCN2CCCCC2)Cc2ccccc2C(=O)O1. The number of likely N-dealkylation sites (tertiary alicyclic amines) is 1. The maximum Gasteiger partial charge on any atom is 0.339 e. The predicted molar refractivity (Wildman–Crippen MR) is 91.9 cm³/mol. The number of hydrogen-bond acceptors (Lipinski definition) is 4. The Morgan fingerprint density at radius 3 is 2.79 bits per heavy atom. The van der Waals surface area contributed by atoms with Crippen molar-refractivity contribution in [3.8, 4) is 0 Å². The molecule has 0 bridgehead atoms. The highest BCUT2D eigenvalue weighted by Gasteiger charge is 2.42. The molecule has 1 aromatic rings. The van der Waals surface area contributed by atoms with Gasteiger partial charge in [0.1, 0.15) is 0 Å². The van der Waals surface area contributed by atoms with E-state index in [1.54, 1.807) is 13.0 Å². The zero-order chi connectivity index (χ0) is 17.0. The molecule has 1 atom stereocenters. The molecule has 0 aliphatic carbocycles. The van der Waals surface area contributed by atoms with E-state index in [0.717, 1.165) is 18.5 Å². The Kier molecular flexibility index (Phi) is 5.19. The van der Waals surface area contributed by atoms with Gasteiger partial charge in [-0.15, -0.1) is 0 Å². The largest absolute Gasteiger partial charge is 0.445 e. The number of benzene rings is 1. The van der Waals surface area contributed by atoms with Gasteiger partial charge in [-0.1, -0.05) is 24.6 Å². The minimum atomic E-state index is -1.11. The van der Waals surface area contributed by atoms with Crippen LogP contribution in [0.3, 0.4) is 0 Å². The van der Waals surface area contributed by atoms with Gasteiger partial charge in [0.25, 0.3) is 5.91 Å². The molecule has 1 N–H and O–H groups in total. The fourth-order valence-electron chi connectivity index (χ4n) is 3.53. The second-order valence-corrected chi connectivity index (χ2v) is 6.97. The number of fused-ring (bicyclic) bond motifs is 1. The van der Waals surface area contributed by atoms with E-state index in [4.69, 9.17) is 4.74 Å². The van der Waals surface area contributed by atoms with Gasteiger partial charge in [-0.25, -0.2) is 4.79 Å². The average molecular weight is 330 g/mol. The van der Waals surface area contributed by atoms with Crippen molar-refractivity contribution < 1.29 is 14.3 Å². The lowest BCUT2D eigenvalue weighted by Gasteiger charge is -2.33. The second kappa shape index (κ2) is 7.34. The van der Waals surface area contributed by atoms with E-state index in [-0.39, 0.29) is 5.91 Å². The topological polar surface area (TPSA) is 58.6 Å². The molecule has 0 spiro atoms. The van der Waals surface area contributed by atoms with E-state index in [0.29, 0.717) is 18.5 Å². The standard InChI is InChI=1S/C19H26N2O3/c1-19(14-15-8-3-4-9-16(15)17(22)24-19)18(23)20-10-7-13-21-11-5-2-6-12-21/h3-4,8-9H,2,5-7,10-14H2,1H3,(H,20,23). The van der Waals surface area contributed by atoms with E-state index in [2.05, 4.69) is 10.2 Å². The molecule has 0 aromatic heterocycles. The van der Waals surface area contributed by atoms with Gasteiger partial charge in [-0.2, -0.15) is 0 Å². The first-order valence-electron chi connectivity index (χ1n) is 8.90. The summed E-state index contributed by atoms with van der Waals surface area (Å²) < 4.78 is 5.45. The van der Waals surface area contributed by atoms with E-state index in [1.807, 2.05) is 18.2 Å². The van der Waals surface area contributed by atoms with E-state index in [9.17, 15) is 9.59 Å². The first kappa shape index (κ1) is 17.0. The molecule has 1 aromatic carbocycles. The number of hydrogen-bond donors (Lipinski definition) is 1. The number of ether oxygens (including phenoxy) is 1. The van der Waals surface area contributed by atoms with E-state index >= 15 is 0 Å². The molecule has 0 radical (unpaired) electrons.